The molecule has 0 atom stereocenters. The molecule has 0 unspecified atom stereocenters. The Kier molecular flexibility index (Phi) is 6.79. The van der Waals surface area contributed by atoms with Gasteiger partial charge < -0.3 is 14.2 Å². The molecule has 1 amide bonds. The zero-order chi connectivity index (χ0) is 21.8. The number of carbonyl (C=O) groups excluding carboxylic acids is 1. The lowest BCUT2D eigenvalue weighted by atomic mass is 10.1. The smallest absolute Gasteiger partial charge is 0.257 e. The van der Waals surface area contributed by atoms with E-state index < -0.39 is 11.7 Å². The maximum Gasteiger partial charge on any atom is 0.257 e. The Morgan fingerprint density at radius 3 is 2.53 bits per heavy atom. The van der Waals surface area contributed by atoms with E-state index in [0.29, 0.717) is 33.5 Å². The van der Waals surface area contributed by atoms with Gasteiger partial charge in [-0.1, -0.05) is 11.6 Å². The fraction of sp³-hybridized carbons (Fsp3) is 0.238. The third-order valence-electron chi connectivity index (χ3n) is 4.02. The first-order valence-corrected chi connectivity index (χ1v) is 10.2. The van der Waals surface area contributed by atoms with Crippen LogP contribution in [-0.4, -0.2) is 31.2 Å². The molecular formula is C21H20ClFN2O4S. The lowest BCUT2D eigenvalue weighted by Crippen LogP contribution is -2.13. The number of carbonyl (C=O) groups is 1. The maximum atomic E-state index is 13.9. The summed E-state index contributed by atoms with van der Waals surface area (Å²) in [5.74, 6) is -0.0102. The van der Waals surface area contributed by atoms with Crippen LogP contribution in [0.3, 0.4) is 0 Å². The Labute approximate surface area is 182 Å². The molecule has 0 spiro atoms. The van der Waals surface area contributed by atoms with E-state index in [1.807, 2.05) is 13.8 Å². The van der Waals surface area contributed by atoms with Gasteiger partial charge in [0.05, 0.1) is 31.0 Å². The molecule has 3 aromatic rings. The highest BCUT2D eigenvalue weighted by atomic mass is 35.5. The van der Waals surface area contributed by atoms with E-state index in [2.05, 4.69) is 10.3 Å². The second-order valence-electron chi connectivity index (χ2n) is 6.50. The minimum absolute atomic E-state index is 0.104. The van der Waals surface area contributed by atoms with Crippen LogP contribution in [0.25, 0.3) is 11.3 Å². The summed E-state index contributed by atoms with van der Waals surface area (Å²) in [7, 11) is 2.87. The van der Waals surface area contributed by atoms with Crippen LogP contribution >= 0.6 is 22.9 Å². The van der Waals surface area contributed by atoms with Gasteiger partial charge in [0, 0.05) is 16.5 Å². The van der Waals surface area contributed by atoms with E-state index >= 15 is 0 Å². The summed E-state index contributed by atoms with van der Waals surface area (Å²) in [5.41, 5.74) is 1.40. The van der Waals surface area contributed by atoms with Crippen molar-refractivity contribution in [2.24, 2.45) is 0 Å². The molecule has 1 N–H and O–H groups in total. The number of methoxy groups -OCH3 is 2. The van der Waals surface area contributed by atoms with Crippen LogP contribution in [0.1, 0.15) is 24.2 Å². The summed E-state index contributed by atoms with van der Waals surface area (Å²) >= 11 is 7.51. The summed E-state index contributed by atoms with van der Waals surface area (Å²) < 4.78 is 29.8. The molecule has 0 bridgehead atoms. The lowest BCUT2D eigenvalue weighted by molar-refractivity contribution is 0.102. The van der Waals surface area contributed by atoms with Crippen LogP contribution in [0, 0.1) is 5.82 Å². The van der Waals surface area contributed by atoms with Crippen molar-refractivity contribution in [3.63, 3.8) is 0 Å². The highest BCUT2D eigenvalue weighted by molar-refractivity contribution is 7.14. The average molecular weight is 451 g/mol. The number of hydrogen-bond donors (Lipinski definition) is 1. The maximum absolute atomic E-state index is 13.9. The van der Waals surface area contributed by atoms with Gasteiger partial charge in [-0.05, 0) is 44.2 Å². The molecule has 158 valence electrons. The first-order valence-electron chi connectivity index (χ1n) is 8.97. The van der Waals surface area contributed by atoms with Crippen molar-refractivity contribution in [3.8, 4) is 28.5 Å². The van der Waals surface area contributed by atoms with Crippen molar-refractivity contribution < 1.29 is 23.4 Å². The number of halogens is 2. The van der Waals surface area contributed by atoms with Crippen LogP contribution in [-0.2, 0) is 0 Å². The van der Waals surface area contributed by atoms with E-state index in [-0.39, 0.29) is 16.9 Å². The molecule has 0 radical (unpaired) electrons. The predicted molar refractivity (Wildman–Crippen MR) is 116 cm³/mol. The molecule has 3 rings (SSSR count). The third-order valence-corrected chi connectivity index (χ3v) is 5.06. The van der Waals surface area contributed by atoms with E-state index in [0.717, 1.165) is 0 Å². The Balaban J connectivity index is 1.80. The van der Waals surface area contributed by atoms with E-state index in [1.54, 1.807) is 17.5 Å². The number of rotatable bonds is 7. The Morgan fingerprint density at radius 2 is 1.90 bits per heavy atom. The van der Waals surface area contributed by atoms with Crippen molar-refractivity contribution in [3.05, 3.63) is 52.1 Å². The van der Waals surface area contributed by atoms with Crippen LogP contribution in [0.4, 0.5) is 9.52 Å². The molecule has 1 aromatic heterocycles. The number of nitrogens with zero attached hydrogens (tertiary/aromatic N) is 1. The molecule has 6 nitrogen and oxygen atoms in total. The number of aromatic nitrogens is 1. The van der Waals surface area contributed by atoms with Crippen molar-refractivity contribution in [2.75, 3.05) is 19.5 Å². The molecule has 2 aromatic carbocycles. The van der Waals surface area contributed by atoms with Gasteiger partial charge >= 0.3 is 0 Å². The molecule has 0 saturated heterocycles. The fourth-order valence-corrected chi connectivity index (χ4v) is 3.63. The molecule has 0 aliphatic carbocycles. The normalized spacial score (nSPS) is 10.8. The van der Waals surface area contributed by atoms with Gasteiger partial charge in [0.15, 0.2) is 28.2 Å². The quantitative estimate of drug-likeness (QED) is 0.503. The Bertz CT molecular complexity index is 1070. The van der Waals surface area contributed by atoms with Crippen molar-refractivity contribution in [1.82, 2.24) is 4.98 Å². The van der Waals surface area contributed by atoms with Gasteiger partial charge in [-0.3, -0.25) is 10.1 Å². The van der Waals surface area contributed by atoms with Crippen LogP contribution < -0.4 is 19.5 Å². The van der Waals surface area contributed by atoms with E-state index in [4.69, 9.17) is 25.8 Å². The molecule has 0 saturated carbocycles. The largest absolute Gasteiger partial charge is 0.494 e. The van der Waals surface area contributed by atoms with E-state index in [9.17, 15) is 9.18 Å². The van der Waals surface area contributed by atoms with Gasteiger partial charge in [0.1, 0.15) is 0 Å². The minimum Gasteiger partial charge on any atom is -0.494 e. The van der Waals surface area contributed by atoms with Crippen LogP contribution in [0.5, 0.6) is 17.2 Å². The fourth-order valence-electron chi connectivity index (χ4n) is 2.66. The number of nitrogens with one attached hydrogen (secondary N) is 1. The summed E-state index contributed by atoms with van der Waals surface area (Å²) in [6, 6.07) is 7.60. The number of ether oxygens (including phenoxy) is 3. The molecule has 0 aliphatic heterocycles. The zero-order valence-electron chi connectivity index (χ0n) is 16.8. The van der Waals surface area contributed by atoms with E-state index in [1.165, 1.54) is 43.8 Å². The van der Waals surface area contributed by atoms with Gasteiger partial charge in [-0.25, -0.2) is 9.37 Å². The summed E-state index contributed by atoms with van der Waals surface area (Å²) in [6.07, 6.45) is -0.104. The summed E-state index contributed by atoms with van der Waals surface area (Å²) in [4.78, 5) is 17.0. The first kappa shape index (κ1) is 21.9. The zero-order valence-corrected chi connectivity index (χ0v) is 18.4. The van der Waals surface area contributed by atoms with Gasteiger partial charge in [0.25, 0.3) is 5.91 Å². The van der Waals surface area contributed by atoms with Gasteiger partial charge in [-0.2, -0.15) is 0 Å². The number of hydrogen-bond acceptors (Lipinski definition) is 6. The van der Waals surface area contributed by atoms with Crippen molar-refractivity contribution in [2.45, 2.75) is 20.0 Å². The lowest BCUT2D eigenvalue weighted by Gasteiger charge is -2.16. The van der Waals surface area contributed by atoms with Crippen LogP contribution in [0.15, 0.2) is 35.7 Å². The number of benzene rings is 2. The van der Waals surface area contributed by atoms with Gasteiger partial charge in [-0.15, -0.1) is 11.3 Å². The minimum atomic E-state index is -0.487. The molecular weight excluding hydrogens is 431 g/mol. The summed E-state index contributed by atoms with van der Waals surface area (Å²) in [5, 5.41) is 5.08. The number of amides is 1. The molecule has 0 aliphatic rings. The topological polar surface area (TPSA) is 69.7 Å². The second kappa shape index (κ2) is 9.32. The molecule has 0 fully saturated rings. The van der Waals surface area contributed by atoms with Gasteiger partial charge in [0.2, 0.25) is 0 Å². The van der Waals surface area contributed by atoms with Crippen LogP contribution in [0.2, 0.25) is 5.02 Å². The summed E-state index contributed by atoms with van der Waals surface area (Å²) in [6.45, 7) is 3.73. The molecule has 9 heteroatoms. The highest BCUT2D eigenvalue weighted by Gasteiger charge is 2.18. The van der Waals surface area contributed by atoms with Crippen molar-refractivity contribution >= 4 is 34.0 Å². The number of anilines is 1. The second-order valence-corrected chi connectivity index (χ2v) is 7.76. The average Bonchev–Trinajstić information content (AvgIpc) is 3.17. The molecule has 1 heterocycles. The Hall–Kier alpha value is -2.84. The first-order chi connectivity index (χ1) is 14.3. The molecule has 30 heavy (non-hydrogen) atoms. The predicted octanol–water partition coefficient (Wildman–Crippen LogP) is 5.66. The standard InChI is InChI=1S/C21H20ClFN2O4S/c1-11(2)29-19-14(22)7-13(9-18(19)28-4)20(26)25-21-24-16(10-30-21)12-5-6-17(27-3)15(23)8-12/h5-11H,1-4H3,(H,24,25,26). The Morgan fingerprint density at radius 1 is 1.17 bits per heavy atom. The highest BCUT2D eigenvalue weighted by Crippen LogP contribution is 2.37. The van der Waals surface area contributed by atoms with Crippen molar-refractivity contribution in [1.29, 1.82) is 0 Å². The monoisotopic (exact) mass is 450 g/mol. The number of thiazole rings is 1. The third kappa shape index (κ3) is 4.83. The SMILES string of the molecule is COc1ccc(-c2csc(NC(=O)c3cc(Cl)c(OC(C)C)c(OC)c3)n2)cc1F.